The average Bonchev–Trinajstić information content (AvgIpc) is 3.64. The van der Waals surface area contributed by atoms with Crippen LogP contribution in [0.25, 0.3) is 22.3 Å². The highest BCUT2D eigenvalue weighted by atomic mass is 35.5. The number of para-hydroxylation sites is 1. The van der Waals surface area contributed by atoms with Crippen LogP contribution in [0.5, 0.6) is 0 Å². The summed E-state index contributed by atoms with van der Waals surface area (Å²) in [5, 5.41) is 10.1. The molecule has 0 fully saturated rings. The maximum atomic E-state index is 13.2. The zero-order valence-corrected chi connectivity index (χ0v) is 22.5. The van der Waals surface area contributed by atoms with Gasteiger partial charge in [-0.25, -0.2) is 9.48 Å². The minimum atomic E-state index is -1.16. The predicted octanol–water partition coefficient (Wildman–Crippen LogP) is 7.50. The Morgan fingerprint density at radius 3 is 2.44 bits per heavy atom. The van der Waals surface area contributed by atoms with Crippen molar-refractivity contribution in [3.05, 3.63) is 130 Å². The number of carbonyl (C=O) groups is 2. The molecule has 1 unspecified atom stereocenters. The third-order valence-corrected chi connectivity index (χ3v) is 7.21. The van der Waals surface area contributed by atoms with Gasteiger partial charge < -0.3 is 10.1 Å². The predicted molar refractivity (Wildman–Crippen MR) is 156 cm³/mol. The van der Waals surface area contributed by atoms with Gasteiger partial charge in [-0.2, -0.15) is 5.10 Å². The maximum absolute atomic E-state index is 13.2. The van der Waals surface area contributed by atoms with Crippen molar-refractivity contribution in [2.45, 2.75) is 13.0 Å². The Morgan fingerprint density at radius 2 is 1.74 bits per heavy atom. The number of amides is 1. The van der Waals surface area contributed by atoms with Crippen molar-refractivity contribution >= 4 is 46.6 Å². The summed E-state index contributed by atoms with van der Waals surface area (Å²) in [5.41, 5.74) is 4.33. The number of hydrogen-bond donors (Lipinski definition) is 1. The van der Waals surface area contributed by atoms with Gasteiger partial charge in [0.2, 0.25) is 6.10 Å². The third kappa shape index (κ3) is 6.34. The van der Waals surface area contributed by atoms with E-state index in [1.54, 1.807) is 58.5 Å². The molecule has 5 rings (SSSR count). The Balaban J connectivity index is 1.39. The number of aromatic nitrogens is 2. The number of nitrogens with zero attached hydrogens (tertiary/aromatic N) is 2. The largest absolute Gasteiger partial charge is 0.444 e. The summed E-state index contributed by atoms with van der Waals surface area (Å²) in [5.74, 6) is -1.15. The molecule has 8 heteroatoms. The van der Waals surface area contributed by atoms with Gasteiger partial charge in [-0.3, -0.25) is 4.79 Å². The second-order valence-corrected chi connectivity index (χ2v) is 10.1. The van der Waals surface area contributed by atoms with Crippen LogP contribution in [0.1, 0.15) is 22.8 Å². The van der Waals surface area contributed by atoms with E-state index < -0.39 is 18.0 Å². The Bertz CT molecular complexity index is 1610. The molecule has 6 nitrogen and oxygen atoms in total. The first-order valence-corrected chi connectivity index (χ1v) is 13.4. The molecule has 0 aliphatic rings. The summed E-state index contributed by atoms with van der Waals surface area (Å²) in [6.07, 6.45) is 3.67. The molecule has 2 heterocycles. The van der Waals surface area contributed by atoms with Crippen molar-refractivity contribution in [1.82, 2.24) is 9.78 Å². The molecule has 3 aromatic carbocycles. The molecule has 0 aliphatic carbocycles. The first-order valence-electron chi connectivity index (χ1n) is 12.2. The van der Waals surface area contributed by atoms with E-state index >= 15 is 0 Å². The zero-order chi connectivity index (χ0) is 27.2. The number of esters is 1. The Labute approximate surface area is 235 Å². The SMILES string of the molecule is Cc1ccc(NC(=O)C(OC(=O)/C=C/c2cn(-c3ccccc3)nc2-c2cccs2)c2ccccc2)cc1Cl. The molecular formula is C31H24ClN3O3S. The fourth-order valence-corrected chi connectivity index (χ4v) is 4.83. The fourth-order valence-electron chi connectivity index (χ4n) is 3.92. The minimum absolute atomic E-state index is 0.487. The first kappa shape index (κ1) is 26.2. The summed E-state index contributed by atoms with van der Waals surface area (Å²) in [4.78, 5) is 27.2. The third-order valence-electron chi connectivity index (χ3n) is 5.93. The topological polar surface area (TPSA) is 73.2 Å². The Morgan fingerprint density at radius 1 is 1.00 bits per heavy atom. The highest BCUT2D eigenvalue weighted by Crippen LogP contribution is 2.29. The van der Waals surface area contributed by atoms with E-state index in [4.69, 9.17) is 21.4 Å². The van der Waals surface area contributed by atoms with Crippen LogP contribution in [0.15, 0.2) is 109 Å². The quantitative estimate of drug-likeness (QED) is 0.159. The Hall–Kier alpha value is -4.46. The van der Waals surface area contributed by atoms with E-state index in [1.165, 1.54) is 6.08 Å². The first-order chi connectivity index (χ1) is 19.0. The second kappa shape index (κ2) is 11.9. The van der Waals surface area contributed by atoms with Crippen LogP contribution >= 0.6 is 22.9 Å². The van der Waals surface area contributed by atoms with Gasteiger partial charge in [-0.1, -0.05) is 72.3 Å². The van der Waals surface area contributed by atoms with Crippen LogP contribution in [0.3, 0.4) is 0 Å². The normalized spacial score (nSPS) is 11.8. The monoisotopic (exact) mass is 553 g/mol. The van der Waals surface area contributed by atoms with E-state index in [9.17, 15) is 9.59 Å². The van der Waals surface area contributed by atoms with Crippen molar-refractivity contribution < 1.29 is 14.3 Å². The van der Waals surface area contributed by atoms with Gasteiger partial charge in [0.25, 0.3) is 5.91 Å². The summed E-state index contributed by atoms with van der Waals surface area (Å²) >= 11 is 7.78. The highest BCUT2D eigenvalue weighted by molar-refractivity contribution is 7.13. The molecule has 194 valence electrons. The molecule has 1 atom stereocenters. The molecule has 5 aromatic rings. The average molecular weight is 554 g/mol. The molecule has 0 spiro atoms. The van der Waals surface area contributed by atoms with Crippen molar-refractivity contribution in [3.63, 3.8) is 0 Å². The number of nitrogens with one attached hydrogen (secondary N) is 1. The summed E-state index contributed by atoms with van der Waals surface area (Å²) in [7, 11) is 0. The maximum Gasteiger partial charge on any atom is 0.331 e. The number of rotatable bonds is 8. The van der Waals surface area contributed by atoms with Crippen molar-refractivity contribution in [1.29, 1.82) is 0 Å². The zero-order valence-electron chi connectivity index (χ0n) is 21.0. The number of aryl methyl sites for hydroxylation is 1. The minimum Gasteiger partial charge on any atom is -0.444 e. The van der Waals surface area contributed by atoms with E-state index in [-0.39, 0.29) is 0 Å². The molecule has 0 bridgehead atoms. The molecule has 1 N–H and O–H groups in total. The lowest BCUT2D eigenvalue weighted by atomic mass is 10.1. The number of anilines is 1. The molecule has 0 radical (unpaired) electrons. The lowest BCUT2D eigenvalue weighted by Gasteiger charge is -2.17. The van der Waals surface area contributed by atoms with Crippen molar-refractivity contribution in [3.8, 4) is 16.3 Å². The van der Waals surface area contributed by atoms with Crippen molar-refractivity contribution in [2.24, 2.45) is 0 Å². The van der Waals surface area contributed by atoms with Gasteiger partial charge in [0.15, 0.2) is 0 Å². The van der Waals surface area contributed by atoms with E-state index in [0.29, 0.717) is 16.3 Å². The van der Waals surface area contributed by atoms with Crippen LogP contribution in [-0.4, -0.2) is 21.7 Å². The second-order valence-electron chi connectivity index (χ2n) is 8.70. The van der Waals surface area contributed by atoms with Gasteiger partial charge in [-0.15, -0.1) is 11.3 Å². The molecule has 0 saturated heterocycles. The van der Waals surface area contributed by atoms with Gasteiger partial charge in [-0.05, 0) is 54.3 Å². The number of carbonyl (C=O) groups excluding carboxylic acids is 2. The van der Waals surface area contributed by atoms with Crippen LogP contribution in [0.4, 0.5) is 5.69 Å². The smallest absolute Gasteiger partial charge is 0.331 e. The summed E-state index contributed by atoms with van der Waals surface area (Å²) < 4.78 is 7.44. The molecule has 0 aliphatic heterocycles. The van der Waals surface area contributed by atoms with E-state index in [0.717, 1.165) is 27.4 Å². The summed E-state index contributed by atoms with van der Waals surface area (Å²) in [6.45, 7) is 1.88. The van der Waals surface area contributed by atoms with Crippen LogP contribution in [0, 0.1) is 6.92 Å². The molecule has 39 heavy (non-hydrogen) atoms. The van der Waals surface area contributed by atoms with Gasteiger partial charge in [0.05, 0.1) is 10.6 Å². The van der Waals surface area contributed by atoms with Crippen LogP contribution in [-0.2, 0) is 14.3 Å². The Kier molecular flexibility index (Phi) is 8.01. The fraction of sp³-hybridized carbons (Fsp3) is 0.0645. The van der Waals surface area contributed by atoms with E-state index in [1.807, 2.05) is 73.1 Å². The standard InChI is InChI=1S/C31H24ClN3O3S/c1-21-14-16-24(19-26(21)32)33-31(37)30(22-9-4-2-5-10-22)38-28(36)17-15-23-20-35(25-11-6-3-7-12-25)34-29(23)27-13-8-18-39-27/h2-20,30H,1H3,(H,33,37)/b17-15+. The van der Waals surface area contributed by atoms with Crippen LogP contribution < -0.4 is 5.32 Å². The van der Waals surface area contributed by atoms with Gasteiger partial charge in [0, 0.05) is 34.1 Å². The van der Waals surface area contributed by atoms with Gasteiger partial charge >= 0.3 is 5.97 Å². The lowest BCUT2D eigenvalue weighted by Crippen LogP contribution is -2.25. The molecular weight excluding hydrogens is 530 g/mol. The van der Waals surface area contributed by atoms with Crippen LogP contribution in [0.2, 0.25) is 5.02 Å². The number of benzene rings is 3. The number of hydrogen-bond acceptors (Lipinski definition) is 5. The van der Waals surface area contributed by atoms with Crippen molar-refractivity contribution in [2.75, 3.05) is 5.32 Å². The number of halogens is 1. The van der Waals surface area contributed by atoms with E-state index in [2.05, 4.69) is 5.32 Å². The number of ether oxygens (including phenoxy) is 1. The summed E-state index contributed by atoms with van der Waals surface area (Å²) in [6, 6.07) is 27.8. The number of thiophene rings is 1. The molecule has 1 amide bonds. The van der Waals surface area contributed by atoms with Gasteiger partial charge in [0.1, 0.15) is 5.69 Å². The molecule has 0 saturated carbocycles. The lowest BCUT2D eigenvalue weighted by molar-refractivity contribution is -0.149. The molecule has 2 aromatic heterocycles. The highest BCUT2D eigenvalue weighted by Gasteiger charge is 2.25.